The van der Waals surface area contributed by atoms with Crippen LogP contribution in [0.3, 0.4) is 0 Å². The minimum Gasteiger partial charge on any atom is -0.394 e. The van der Waals surface area contributed by atoms with E-state index in [2.05, 4.69) is 32.3 Å². The van der Waals surface area contributed by atoms with Gasteiger partial charge < -0.3 is 24.5 Å². The number of aliphatic hydroxyl groups is 1. The molecular formula is C17H19N5O2. The molecule has 0 radical (unpaired) electrons. The van der Waals surface area contributed by atoms with Gasteiger partial charge in [0.05, 0.1) is 19.3 Å². The van der Waals surface area contributed by atoms with Gasteiger partial charge in [0.15, 0.2) is 11.5 Å². The number of hydrogen-bond acceptors (Lipinski definition) is 6. The van der Waals surface area contributed by atoms with Crippen LogP contribution < -0.4 is 10.2 Å². The van der Waals surface area contributed by atoms with E-state index in [1.807, 2.05) is 28.9 Å². The molecule has 0 saturated carbocycles. The minimum atomic E-state index is -0.112. The largest absolute Gasteiger partial charge is 0.394 e. The molecule has 24 heavy (non-hydrogen) atoms. The third kappa shape index (κ3) is 2.91. The van der Waals surface area contributed by atoms with Crippen LogP contribution >= 0.6 is 0 Å². The number of hydrogen-bond donors (Lipinski definition) is 2. The van der Waals surface area contributed by atoms with E-state index in [-0.39, 0.29) is 12.7 Å². The Bertz CT molecular complexity index is 817. The highest BCUT2D eigenvalue weighted by Gasteiger charge is 2.19. The molecule has 1 aromatic carbocycles. The van der Waals surface area contributed by atoms with Gasteiger partial charge in [-0.2, -0.15) is 0 Å². The lowest BCUT2D eigenvalue weighted by atomic mass is 10.2. The highest BCUT2D eigenvalue weighted by molar-refractivity contribution is 5.70. The molecule has 124 valence electrons. The molecule has 4 rings (SSSR count). The number of rotatable bonds is 4. The first-order valence-corrected chi connectivity index (χ1v) is 7.95. The number of benzene rings is 1. The van der Waals surface area contributed by atoms with Gasteiger partial charge in [0.25, 0.3) is 0 Å². The molecule has 1 aliphatic rings. The minimum absolute atomic E-state index is 0.0517. The van der Waals surface area contributed by atoms with Crippen LogP contribution in [-0.2, 0) is 4.74 Å². The van der Waals surface area contributed by atoms with Crippen molar-refractivity contribution >= 4 is 22.8 Å². The van der Waals surface area contributed by atoms with E-state index in [1.54, 1.807) is 12.4 Å². The van der Waals surface area contributed by atoms with Gasteiger partial charge in [0, 0.05) is 49.3 Å². The summed E-state index contributed by atoms with van der Waals surface area (Å²) in [5.74, 6) is 0.724. The van der Waals surface area contributed by atoms with Gasteiger partial charge in [0.2, 0.25) is 0 Å². The molecule has 7 nitrogen and oxygen atoms in total. The van der Waals surface area contributed by atoms with Crippen LogP contribution in [-0.4, -0.2) is 51.9 Å². The van der Waals surface area contributed by atoms with E-state index in [0.717, 1.165) is 29.4 Å². The van der Waals surface area contributed by atoms with Crippen molar-refractivity contribution < 1.29 is 9.84 Å². The van der Waals surface area contributed by atoms with Crippen LogP contribution in [0.5, 0.6) is 0 Å². The number of morpholine rings is 1. The average molecular weight is 325 g/mol. The van der Waals surface area contributed by atoms with Crippen molar-refractivity contribution in [1.29, 1.82) is 0 Å². The van der Waals surface area contributed by atoms with E-state index < -0.39 is 0 Å². The maximum Gasteiger partial charge on any atom is 0.180 e. The number of nitrogens with one attached hydrogen (secondary N) is 1. The standard InChI is InChI=1S/C17H19N5O2/c23-12-15-11-22(9-10-24-15)14-3-1-13(2-4-14)20-16-17-19-6-8-21(17)7-5-18-16/h1-8,15,23H,9-12H2,(H,18,20)/t15-/m1/s1. The molecule has 0 amide bonds. The van der Waals surface area contributed by atoms with Gasteiger partial charge in [-0.05, 0) is 24.3 Å². The smallest absolute Gasteiger partial charge is 0.180 e. The fraction of sp³-hybridized carbons (Fsp3) is 0.294. The van der Waals surface area contributed by atoms with Crippen molar-refractivity contribution in [3.8, 4) is 0 Å². The lowest BCUT2D eigenvalue weighted by Crippen LogP contribution is -2.44. The summed E-state index contributed by atoms with van der Waals surface area (Å²) < 4.78 is 7.42. The number of aromatic nitrogens is 3. The summed E-state index contributed by atoms with van der Waals surface area (Å²) in [5.41, 5.74) is 2.86. The molecule has 7 heteroatoms. The third-order valence-corrected chi connectivity index (χ3v) is 4.15. The highest BCUT2D eigenvalue weighted by atomic mass is 16.5. The maximum atomic E-state index is 9.26. The molecule has 1 saturated heterocycles. The van der Waals surface area contributed by atoms with Crippen molar-refractivity contribution in [1.82, 2.24) is 14.4 Å². The summed E-state index contributed by atoms with van der Waals surface area (Å²) in [7, 11) is 0. The lowest BCUT2D eigenvalue weighted by molar-refractivity contribution is 0.00357. The fourth-order valence-corrected chi connectivity index (χ4v) is 2.90. The molecule has 0 bridgehead atoms. The summed E-state index contributed by atoms with van der Waals surface area (Å²) >= 11 is 0. The second kappa shape index (κ2) is 6.46. The van der Waals surface area contributed by atoms with Crippen LogP contribution in [0.25, 0.3) is 5.65 Å². The highest BCUT2D eigenvalue weighted by Crippen LogP contribution is 2.23. The lowest BCUT2D eigenvalue weighted by Gasteiger charge is -2.33. The molecule has 2 aromatic heterocycles. The zero-order chi connectivity index (χ0) is 16.4. The summed E-state index contributed by atoms with van der Waals surface area (Å²) in [4.78, 5) is 10.9. The molecule has 1 aliphatic heterocycles. The van der Waals surface area contributed by atoms with Crippen molar-refractivity contribution in [3.63, 3.8) is 0 Å². The van der Waals surface area contributed by atoms with E-state index >= 15 is 0 Å². The Morgan fingerprint density at radius 3 is 2.75 bits per heavy atom. The van der Waals surface area contributed by atoms with Crippen molar-refractivity contribution in [2.75, 3.05) is 36.5 Å². The number of aliphatic hydroxyl groups excluding tert-OH is 1. The molecular weight excluding hydrogens is 306 g/mol. The van der Waals surface area contributed by atoms with E-state index in [4.69, 9.17) is 4.74 Å². The van der Waals surface area contributed by atoms with Crippen LogP contribution in [0.2, 0.25) is 0 Å². The van der Waals surface area contributed by atoms with E-state index in [9.17, 15) is 5.11 Å². The maximum absolute atomic E-state index is 9.26. The van der Waals surface area contributed by atoms with Gasteiger partial charge in [-0.15, -0.1) is 0 Å². The summed E-state index contributed by atoms with van der Waals surface area (Å²) in [6, 6.07) is 8.17. The van der Waals surface area contributed by atoms with Crippen LogP contribution in [0.15, 0.2) is 49.1 Å². The SMILES string of the molecule is OC[C@H]1CN(c2ccc(Nc3nccn4ccnc34)cc2)CCO1. The Hall–Kier alpha value is -2.64. The quantitative estimate of drug-likeness (QED) is 0.760. The number of ether oxygens (including phenoxy) is 1. The normalized spacial score (nSPS) is 18.0. The number of fused-ring (bicyclic) bond motifs is 1. The first kappa shape index (κ1) is 14.9. The molecule has 0 unspecified atom stereocenters. The first-order valence-electron chi connectivity index (χ1n) is 7.95. The van der Waals surface area contributed by atoms with Gasteiger partial charge in [-0.3, -0.25) is 0 Å². The molecule has 3 aromatic rings. The average Bonchev–Trinajstić information content (AvgIpc) is 3.12. The predicted octanol–water partition coefficient (Wildman–Crippen LogP) is 1.67. The van der Waals surface area contributed by atoms with Crippen LogP contribution in [0, 0.1) is 0 Å². The Morgan fingerprint density at radius 2 is 1.96 bits per heavy atom. The molecule has 1 fully saturated rings. The third-order valence-electron chi connectivity index (χ3n) is 4.15. The topological polar surface area (TPSA) is 74.9 Å². The van der Waals surface area contributed by atoms with Crippen molar-refractivity contribution in [2.24, 2.45) is 0 Å². The van der Waals surface area contributed by atoms with Crippen LogP contribution in [0.1, 0.15) is 0 Å². The van der Waals surface area contributed by atoms with Gasteiger partial charge >= 0.3 is 0 Å². The van der Waals surface area contributed by atoms with Crippen molar-refractivity contribution in [2.45, 2.75) is 6.10 Å². The predicted molar refractivity (Wildman–Crippen MR) is 91.8 cm³/mol. The Kier molecular flexibility index (Phi) is 4.02. The molecule has 3 heterocycles. The summed E-state index contributed by atoms with van der Waals surface area (Å²) in [5, 5.41) is 12.6. The first-order chi connectivity index (χ1) is 11.8. The second-order valence-electron chi connectivity index (χ2n) is 5.73. The Morgan fingerprint density at radius 1 is 1.17 bits per heavy atom. The fourth-order valence-electron chi connectivity index (χ4n) is 2.90. The molecule has 0 spiro atoms. The Labute approximate surface area is 139 Å². The Balaban J connectivity index is 1.51. The number of imidazole rings is 1. The van der Waals surface area contributed by atoms with E-state index in [0.29, 0.717) is 13.2 Å². The summed E-state index contributed by atoms with van der Waals surface area (Å²) in [6.45, 7) is 2.23. The van der Waals surface area contributed by atoms with Gasteiger partial charge in [0.1, 0.15) is 0 Å². The summed E-state index contributed by atoms with van der Waals surface area (Å²) in [6.07, 6.45) is 7.14. The van der Waals surface area contributed by atoms with Crippen molar-refractivity contribution in [3.05, 3.63) is 49.1 Å². The van der Waals surface area contributed by atoms with Crippen LogP contribution in [0.4, 0.5) is 17.2 Å². The zero-order valence-electron chi connectivity index (χ0n) is 13.2. The second-order valence-corrected chi connectivity index (χ2v) is 5.73. The van der Waals surface area contributed by atoms with Gasteiger partial charge in [-0.1, -0.05) is 0 Å². The van der Waals surface area contributed by atoms with E-state index in [1.165, 1.54) is 0 Å². The number of anilines is 3. The molecule has 1 atom stereocenters. The molecule has 0 aliphatic carbocycles. The monoisotopic (exact) mass is 325 g/mol. The zero-order valence-corrected chi connectivity index (χ0v) is 13.2. The number of nitrogens with zero attached hydrogens (tertiary/aromatic N) is 4. The van der Waals surface area contributed by atoms with Gasteiger partial charge in [-0.25, -0.2) is 9.97 Å². The molecule has 2 N–H and O–H groups in total.